The van der Waals surface area contributed by atoms with Crippen LogP contribution in [0.2, 0.25) is 6.55 Å². The summed E-state index contributed by atoms with van der Waals surface area (Å²) in [6.07, 6.45) is 0. The molecule has 0 aromatic rings. The minimum absolute atomic E-state index is 0.0161. The third-order valence-electron chi connectivity index (χ3n) is 0.875. The number of hydroxylamine groups is 1. The highest BCUT2D eigenvalue weighted by molar-refractivity contribution is 6.29. The molecule has 0 spiro atoms. The van der Waals surface area contributed by atoms with Crippen molar-refractivity contribution >= 4 is 9.68 Å². The van der Waals surface area contributed by atoms with E-state index in [9.17, 15) is 0 Å². The van der Waals surface area contributed by atoms with Gasteiger partial charge in [-0.25, -0.2) is 4.73 Å². The van der Waals surface area contributed by atoms with Gasteiger partial charge in [-0.15, -0.1) is 0 Å². The highest BCUT2D eigenvalue weighted by atomic mass is 28.2. The molecule has 0 bridgehead atoms. The van der Waals surface area contributed by atoms with E-state index >= 15 is 0 Å². The van der Waals surface area contributed by atoms with E-state index in [0.717, 1.165) is 0 Å². The second kappa shape index (κ2) is 3.34. The molecule has 0 unspecified atom stereocenters. The molecule has 0 aliphatic rings. The molecule has 2 nitrogen and oxygen atoms in total. The summed E-state index contributed by atoms with van der Waals surface area (Å²) >= 11 is 0. The van der Waals surface area contributed by atoms with E-state index in [2.05, 4.69) is 27.3 Å². The van der Waals surface area contributed by atoms with E-state index in [4.69, 9.17) is 4.84 Å². The van der Waals surface area contributed by atoms with Crippen LogP contribution in [-0.2, 0) is 4.84 Å². The van der Waals surface area contributed by atoms with Gasteiger partial charge in [-0.05, 0) is 20.8 Å². The third kappa shape index (κ3) is 6.02. The maximum atomic E-state index is 5.48. The Morgan fingerprint density at radius 1 is 1.33 bits per heavy atom. The normalized spacial score (nSPS) is 14.0. The molecule has 0 atom stereocenters. The first-order valence-corrected chi connectivity index (χ1v) is 5.40. The van der Waals surface area contributed by atoms with Crippen LogP contribution in [0.25, 0.3) is 0 Å². The van der Waals surface area contributed by atoms with Crippen molar-refractivity contribution in [2.24, 2.45) is 0 Å². The van der Waals surface area contributed by atoms with Crippen LogP contribution in [0.15, 0.2) is 0 Å². The zero-order chi connectivity index (χ0) is 7.49. The molecule has 0 aliphatic carbocycles. The molecule has 0 N–H and O–H groups in total. The van der Waals surface area contributed by atoms with Gasteiger partial charge < -0.3 is 4.84 Å². The lowest BCUT2D eigenvalue weighted by molar-refractivity contribution is -0.159. The Morgan fingerprint density at radius 3 is 1.89 bits per heavy atom. The summed E-state index contributed by atoms with van der Waals surface area (Å²) in [5.74, 6) is 0. The first kappa shape index (κ1) is 9.14. The number of hydrogen-bond acceptors (Lipinski definition) is 2. The molecule has 0 aromatic heterocycles. The van der Waals surface area contributed by atoms with E-state index in [-0.39, 0.29) is 15.3 Å². The molecular formula is C6H17NOSi. The summed E-state index contributed by atoms with van der Waals surface area (Å²) in [5, 5.41) is 0. The van der Waals surface area contributed by atoms with Crippen molar-refractivity contribution in [1.82, 2.24) is 4.73 Å². The molecule has 56 valence electrons. The highest BCUT2D eigenvalue weighted by Crippen LogP contribution is 2.07. The van der Waals surface area contributed by atoms with E-state index in [0.29, 0.717) is 0 Å². The predicted molar refractivity (Wildman–Crippen MR) is 43.0 cm³/mol. The summed E-state index contributed by atoms with van der Waals surface area (Å²) in [6, 6.07) is 0. The van der Waals surface area contributed by atoms with Gasteiger partial charge in [0.05, 0.1) is 5.60 Å². The Hall–Kier alpha value is 0.137. The second-order valence-corrected chi connectivity index (χ2v) is 4.67. The van der Waals surface area contributed by atoms with Gasteiger partial charge in [-0.2, -0.15) is 0 Å². The summed E-state index contributed by atoms with van der Waals surface area (Å²) in [6.45, 7) is 8.39. The van der Waals surface area contributed by atoms with Crippen LogP contribution in [0.3, 0.4) is 0 Å². The van der Waals surface area contributed by atoms with E-state index in [1.807, 2.05) is 11.8 Å². The lowest BCUT2D eigenvalue weighted by Crippen LogP contribution is -2.32. The number of nitrogens with zero attached hydrogens (tertiary/aromatic N) is 1. The zero-order valence-corrected chi connectivity index (χ0v) is 8.48. The minimum Gasteiger partial charge on any atom is -0.301 e. The highest BCUT2D eigenvalue weighted by Gasteiger charge is 2.12. The number of hydrogen-bond donors (Lipinski definition) is 0. The largest absolute Gasteiger partial charge is 0.301 e. The van der Waals surface area contributed by atoms with Gasteiger partial charge in [0, 0.05) is 7.05 Å². The quantitative estimate of drug-likeness (QED) is 0.423. The van der Waals surface area contributed by atoms with Gasteiger partial charge in [-0.1, -0.05) is 6.55 Å². The molecule has 0 fully saturated rings. The summed E-state index contributed by atoms with van der Waals surface area (Å²) in [4.78, 5) is 5.48. The molecule has 9 heavy (non-hydrogen) atoms. The van der Waals surface area contributed by atoms with Crippen molar-refractivity contribution in [3.05, 3.63) is 0 Å². The molecule has 0 aromatic carbocycles. The van der Waals surface area contributed by atoms with Crippen LogP contribution in [0.5, 0.6) is 0 Å². The Kier molecular flexibility index (Phi) is 3.39. The van der Waals surface area contributed by atoms with Gasteiger partial charge in [0.1, 0.15) is 9.68 Å². The van der Waals surface area contributed by atoms with Gasteiger partial charge in [0.25, 0.3) is 0 Å². The summed E-state index contributed by atoms with van der Waals surface area (Å²) in [5.41, 5.74) is -0.0161. The molecule has 0 saturated heterocycles. The number of rotatable bonds is 2. The Balaban J connectivity index is 3.47. The smallest absolute Gasteiger partial charge is 0.126 e. The van der Waals surface area contributed by atoms with Gasteiger partial charge in [0.15, 0.2) is 0 Å². The van der Waals surface area contributed by atoms with Crippen molar-refractivity contribution in [3.8, 4) is 0 Å². The van der Waals surface area contributed by atoms with Crippen molar-refractivity contribution < 1.29 is 4.84 Å². The topological polar surface area (TPSA) is 12.5 Å². The maximum absolute atomic E-state index is 5.48. The molecule has 0 rings (SSSR count). The van der Waals surface area contributed by atoms with Crippen LogP contribution >= 0.6 is 0 Å². The monoisotopic (exact) mass is 147 g/mol. The first-order chi connectivity index (χ1) is 3.95. The van der Waals surface area contributed by atoms with Gasteiger partial charge in [-0.3, -0.25) is 0 Å². The first-order valence-electron chi connectivity index (χ1n) is 3.36. The van der Waals surface area contributed by atoms with Crippen LogP contribution in [0, 0.1) is 0 Å². The van der Waals surface area contributed by atoms with Gasteiger partial charge in [0.2, 0.25) is 0 Å². The van der Waals surface area contributed by atoms with Crippen molar-refractivity contribution in [1.29, 1.82) is 0 Å². The summed E-state index contributed by atoms with van der Waals surface area (Å²) in [7, 11) is 1.87. The van der Waals surface area contributed by atoms with E-state index in [1.165, 1.54) is 0 Å². The lowest BCUT2D eigenvalue weighted by atomic mass is 10.2. The minimum atomic E-state index is -0.130. The average molecular weight is 147 g/mol. The fourth-order valence-electron chi connectivity index (χ4n) is 0.532. The van der Waals surface area contributed by atoms with Gasteiger partial charge >= 0.3 is 0 Å². The predicted octanol–water partition coefficient (Wildman–Crippen LogP) is 0.780. The molecule has 0 radical (unpaired) electrons. The molecule has 0 saturated carbocycles. The third-order valence-corrected chi connectivity index (χ3v) is 1.89. The van der Waals surface area contributed by atoms with Crippen molar-refractivity contribution in [2.75, 3.05) is 7.05 Å². The Morgan fingerprint density at radius 2 is 1.78 bits per heavy atom. The fraction of sp³-hybridized carbons (Fsp3) is 1.00. The van der Waals surface area contributed by atoms with Crippen LogP contribution in [0.1, 0.15) is 20.8 Å². The summed E-state index contributed by atoms with van der Waals surface area (Å²) < 4.78 is 1.97. The molecule has 0 amide bonds. The van der Waals surface area contributed by atoms with Crippen LogP contribution < -0.4 is 0 Å². The molecule has 3 heteroatoms. The zero-order valence-electron chi connectivity index (χ0n) is 7.06. The van der Waals surface area contributed by atoms with Crippen molar-refractivity contribution in [3.63, 3.8) is 0 Å². The van der Waals surface area contributed by atoms with Crippen LogP contribution in [0.4, 0.5) is 0 Å². The maximum Gasteiger partial charge on any atom is 0.126 e. The van der Waals surface area contributed by atoms with Crippen molar-refractivity contribution in [2.45, 2.75) is 32.9 Å². The average Bonchev–Trinajstić information content (AvgIpc) is 1.62. The lowest BCUT2D eigenvalue weighted by Gasteiger charge is -2.25. The van der Waals surface area contributed by atoms with E-state index < -0.39 is 0 Å². The fourth-order valence-corrected chi connectivity index (χ4v) is 1.05. The molecular weight excluding hydrogens is 130 g/mol. The molecule has 0 aliphatic heterocycles. The SMILES string of the molecule is C[SiH2]N(C)OC(C)(C)C. The Labute approximate surface area is 60.0 Å². The Bertz CT molecular complexity index is 79.6. The standard InChI is InChI=1S/C6H17NOSi/c1-6(2,3)8-7(4)9-5/h9H2,1-5H3. The second-order valence-electron chi connectivity index (χ2n) is 3.15. The van der Waals surface area contributed by atoms with E-state index in [1.54, 1.807) is 0 Å². The van der Waals surface area contributed by atoms with Crippen LogP contribution in [-0.4, -0.2) is 27.1 Å². The molecule has 0 heterocycles.